The first kappa shape index (κ1) is 24.4. The fraction of sp³-hybridized carbons (Fsp3) is 0.783. The van der Waals surface area contributed by atoms with Gasteiger partial charge < -0.3 is 44.3 Å². The van der Waals surface area contributed by atoms with E-state index in [0.29, 0.717) is 0 Å². The van der Waals surface area contributed by atoms with Gasteiger partial charge in [-0.25, -0.2) is 14.4 Å². The van der Waals surface area contributed by atoms with Gasteiger partial charge in [-0.3, -0.25) is 9.59 Å². The molecule has 37 heavy (non-hydrogen) atoms. The van der Waals surface area contributed by atoms with Crippen LogP contribution in [0.3, 0.4) is 0 Å². The molecule has 4 N–H and O–H groups in total. The summed E-state index contributed by atoms with van der Waals surface area (Å²) in [6.45, 7) is 6.05. The van der Waals surface area contributed by atoms with Gasteiger partial charge >= 0.3 is 30.0 Å². The highest BCUT2D eigenvalue weighted by molar-refractivity contribution is 5.94. The smallest absolute Gasteiger partial charge is 0.408 e. The molecule has 5 unspecified atom stereocenters. The molecule has 0 aromatic heterocycles. The van der Waals surface area contributed by atoms with Gasteiger partial charge in [-0.05, 0) is 24.7 Å². The normalized spacial score (nSPS) is 50.5. The fourth-order valence-corrected chi connectivity index (χ4v) is 8.54. The van der Waals surface area contributed by atoms with Crippen LogP contribution in [0.15, 0.2) is 0 Å². The van der Waals surface area contributed by atoms with E-state index < -0.39 is 107 Å². The molecule has 0 aromatic carbocycles. The predicted octanol–water partition coefficient (Wildman–Crippen LogP) is -1.55. The van der Waals surface area contributed by atoms with E-state index in [2.05, 4.69) is 0 Å². The van der Waals surface area contributed by atoms with E-state index in [9.17, 15) is 34.2 Å². The van der Waals surface area contributed by atoms with E-state index >= 15 is 0 Å². The van der Waals surface area contributed by atoms with Gasteiger partial charge in [0.1, 0.15) is 18.1 Å². The van der Waals surface area contributed by atoms with Crippen molar-refractivity contribution >= 4 is 30.0 Å². The van der Waals surface area contributed by atoms with E-state index in [1.807, 2.05) is 26.1 Å². The minimum Gasteiger partial charge on any atom is -0.480 e. The number of esters is 3. The fourth-order valence-electron chi connectivity index (χ4n) is 8.54. The molecular weight excluding hydrogens is 498 g/mol. The van der Waals surface area contributed by atoms with Crippen molar-refractivity contribution in [2.75, 3.05) is 6.54 Å². The Morgan fingerprint density at radius 2 is 1.81 bits per heavy atom. The summed E-state index contributed by atoms with van der Waals surface area (Å²) in [5, 5.41) is 34.7. The highest BCUT2D eigenvalue weighted by Crippen LogP contribution is 2.85. The minimum absolute atomic E-state index is 0.0896. The van der Waals surface area contributed by atoms with Crippen molar-refractivity contribution < 1.29 is 63.0 Å². The van der Waals surface area contributed by atoms with Crippen LogP contribution >= 0.6 is 0 Å². The summed E-state index contributed by atoms with van der Waals surface area (Å²) in [7, 11) is 0. The molecule has 0 aromatic rings. The Kier molecular flexibility index (Phi) is 4.42. The summed E-state index contributed by atoms with van der Waals surface area (Å²) in [5.74, 6) is -6.34. The number of aliphatic carboxylic acids is 1. The minimum atomic E-state index is -2.44. The standard InChI is InChI=1S/C23H27NO13/c1-7-14(28)34-13-12(35-18(31)24-6-10(25)26)21-9-5-8(19(2,3)4)20(21)11(27)15(29)36-17(20)37-23(21,16(30)33-9)22(7,13)32/h7-9,11-13,17,27,32H,5-6H2,1-4H3,(H,24,31)(H,25,26)/t7-,8+,9?,11+,12+,13?,17+,20?,21?,22-,23?/m1/s1. The number of rotatable bonds is 3. The first-order chi connectivity index (χ1) is 17.1. The lowest BCUT2D eigenvalue weighted by molar-refractivity contribution is -0.239. The third-order valence-corrected chi connectivity index (χ3v) is 9.58. The average molecular weight is 525 g/mol. The number of aliphatic hydroxyl groups is 2. The maximum atomic E-state index is 13.7. The molecule has 6 aliphatic rings. The van der Waals surface area contributed by atoms with Crippen LogP contribution in [0.5, 0.6) is 0 Å². The molecule has 0 radical (unpaired) electrons. The number of hydrogen-bond donors (Lipinski definition) is 4. The highest BCUT2D eigenvalue weighted by Gasteiger charge is 3.04. The summed E-state index contributed by atoms with van der Waals surface area (Å²) in [6, 6.07) is 0. The van der Waals surface area contributed by atoms with Crippen LogP contribution in [0.4, 0.5) is 4.79 Å². The van der Waals surface area contributed by atoms with E-state index in [1.165, 1.54) is 6.92 Å². The SMILES string of the molecule is C[C@@H]1C(=O)OC2[C@H](OC(=O)NCC(=O)O)C34C5C[C@@H](C(C)(C)C)C36[C@@H](OC(=O)[C@@H]6O)OC4(C(=O)O5)[C@]21O. The Bertz CT molecular complexity index is 1160. The number of aliphatic hydroxyl groups excluding tert-OH is 1. The van der Waals surface area contributed by atoms with Gasteiger partial charge in [-0.1, -0.05) is 20.8 Å². The third-order valence-electron chi connectivity index (χ3n) is 9.58. The van der Waals surface area contributed by atoms with Crippen molar-refractivity contribution in [1.29, 1.82) is 0 Å². The number of alkyl carbamates (subject to hydrolysis) is 1. The largest absolute Gasteiger partial charge is 0.480 e. The maximum Gasteiger partial charge on any atom is 0.408 e. The van der Waals surface area contributed by atoms with Gasteiger partial charge in [0.25, 0.3) is 0 Å². The molecule has 2 saturated carbocycles. The number of amides is 1. The molecule has 4 saturated heterocycles. The number of ether oxygens (including phenoxy) is 5. The van der Waals surface area contributed by atoms with Crippen molar-refractivity contribution in [1.82, 2.24) is 5.32 Å². The van der Waals surface area contributed by atoms with Gasteiger partial charge in [0.15, 0.2) is 23.9 Å². The Morgan fingerprint density at radius 1 is 1.14 bits per heavy atom. The van der Waals surface area contributed by atoms with Crippen LogP contribution < -0.4 is 5.32 Å². The van der Waals surface area contributed by atoms with Crippen molar-refractivity contribution in [3.63, 3.8) is 0 Å². The van der Waals surface area contributed by atoms with Gasteiger partial charge in [0, 0.05) is 0 Å². The zero-order valence-electron chi connectivity index (χ0n) is 20.4. The zero-order chi connectivity index (χ0) is 27.1. The summed E-state index contributed by atoms with van der Waals surface area (Å²) in [6.07, 6.45) is -9.05. The second-order valence-electron chi connectivity index (χ2n) is 11.8. The molecule has 4 heterocycles. The van der Waals surface area contributed by atoms with Gasteiger partial charge in [-0.2, -0.15) is 0 Å². The molecule has 2 spiro atoms. The van der Waals surface area contributed by atoms with Crippen molar-refractivity contribution in [3.05, 3.63) is 0 Å². The van der Waals surface area contributed by atoms with Crippen molar-refractivity contribution in [3.8, 4) is 0 Å². The third kappa shape index (κ3) is 2.21. The van der Waals surface area contributed by atoms with E-state index in [4.69, 9.17) is 28.8 Å². The first-order valence-corrected chi connectivity index (χ1v) is 12.0. The number of carbonyl (C=O) groups excluding carboxylic acids is 4. The van der Waals surface area contributed by atoms with Crippen LogP contribution in [0, 0.1) is 28.1 Å². The molecule has 14 heteroatoms. The summed E-state index contributed by atoms with van der Waals surface area (Å²) < 4.78 is 28.6. The zero-order valence-corrected chi connectivity index (χ0v) is 20.4. The van der Waals surface area contributed by atoms with E-state index in [-0.39, 0.29) is 6.42 Å². The number of hydrogen-bond acceptors (Lipinski definition) is 12. The predicted molar refractivity (Wildman–Crippen MR) is 112 cm³/mol. The first-order valence-electron chi connectivity index (χ1n) is 12.0. The van der Waals surface area contributed by atoms with Crippen LogP contribution in [0.25, 0.3) is 0 Å². The quantitative estimate of drug-likeness (QED) is 0.244. The molecule has 11 atom stereocenters. The molecule has 4 aliphatic heterocycles. The lowest BCUT2D eigenvalue weighted by atomic mass is 9.51. The highest BCUT2D eigenvalue weighted by atomic mass is 16.8. The number of fused-ring (bicyclic) bond motifs is 1. The van der Waals surface area contributed by atoms with Crippen molar-refractivity contribution in [2.45, 2.75) is 76.0 Å². The number of nitrogens with one attached hydrogen (secondary N) is 1. The number of carbonyl (C=O) groups is 5. The molecule has 14 nitrogen and oxygen atoms in total. The van der Waals surface area contributed by atoms with E-state index in [0.717, 1.165) is 0 Å². The average Bonchev–Trinajstić information content (AvgIpc) is 3.51. The summed E-state index contributed by atoms with van der Waals surface area (Å²) in [4.78, 5) is 63.1. The maximum absolute atomic E-state index is 13.7. The van der Waals surface area contributed by atoms with Gasteiger partial charge in [-0.15, -0.1) is 0 Å². The lowest BCUT2D eigenvalue weighted by Gasteiger charge is -2.48. The Labute approximate surface area is 209 Å². The summed E-state index contributed by atoms with van der Waals surface area (Å²) in [5.41, 5.74) is -9.20. The van der Waals surface area contributed by atoms with Gasteiger partial charge in [0.2, 0.25) is 11.9 Å². The molecular formula is C23H27NO13. The van der Waals surface area contributed by atoms with Crippen LogP contribution in [0.1, 0.15) is 34.1 Å². The van der Waals surface area contributed by atoms with Crippen LogP contribution in [-0.4, -0.2) is 93.7 Å². The molecule has 1 amide bonds. The molecule has 6 fully saturated rings. The molecule has 2 aliphatic carbocycles. The lowest BCUT2D eigenvalue weighted by Crippen LogP contribution is -2.67. The molecule has 0 bridgehead atoms. The van der Waals surface area contributed by atoms with Crippen LogP contribution in [0.2, 0.25) is 0 Å². The Balaban J connectivity index is 1.64. The second kappa shape index (κ2) is 6.72. The second-order valence-corrected chi connectivity index (χ2v) is 11.8. The van der Waals surface area contributed by atoms with Gasteiger partial charge in [0.05, 0.1) is 11.3 Å². The number of carboxylic acid groups (broad SMARTS) is 1. The Hall–Kier alpha value is -2.97. The van der Waals surface area contributed by atoms with Crippen LogP contribution in [-0.2, 0) is 42.9 Å². The molecule has 6 rings (SSSR count). The molecule has 202 valence electrons. The Morgan fingerprint density at radius 3 is 2.43 bits per heavy atom. The number of carboxylic acids is 1. The summed E-state index contributed by atoms with van der Waals surface area (Å²) >= 11 is 0. The topological polar surface area (TPSA) is 204 Å². The van der Waals surface area contributed by atoms with Crippen molar-refractivity contribution in [2.24, 2.45) is 28.1 Å². The monoisotopic (exact) mass is 525 g/mol. The van der Waals surface area contributed by atoms with E-state index in [1.54, 1.807) is 0 Å².